The number of imidazole rings is 2. The molecule has 12 nitrogen and oxygen atoms in total. The molecule has 12 heteroatoms. The van der Waals surface area contributed by atoms with Crippen LogP contribution in [0, 0.1) is 5.92 Å². The Bertz CT molecular complexity index is 1780. The minimum atomic E-state index is -0.405. The van der Waals surface area contributed by atoms with Crippen molar-refractivity contribution < 1.29 is 9.59 Å². The standard InChI is InChI=1S/C40H54N10O2/c1-27(2)35(49-38-43-21-7-22-44-38)37(52)50-23-6-8-31(50)36-46-25-32(48-36)40-17-14-39(15-18-40,16-19-40)29-12-10-28(11-13-29)30-24-45-33(47-30)9-4-5-20-42-34(51)26-41-3/h7,10-13,21-22,24-25,27,31,35,41H,4-6,8-9,14-20,23,26H2,1-3H3,(H,42,51)(H,45,47)(H,46,48)(H,43,44,49). The molecular weight excluding hydrogens is 653 g/mol. The van der Waals surface area contributed by atoms with E-state index < -0.39 is 6.04 Å². The van der Waals surface area contributed by atoms with E-state index >= 15 is 0 Å². The van der Waals surface area contributed by atoms with Gasteiger partial charge in [-0.15, -0.1) is 0 Å². The molecule has 5 N–H and O–H groups in total. The molecule has 3 aliphatic carbocycles. The van der Waals surface area contributed by atoms with Crippen molar-refractivity contribution in [3.05, 3.63) is 78.0 Å². The highest BCUT2D eigenvalue weighted by molar-refractivity contribution is 5.85. The zero-order valence-corrected chi connectivity index (χ0v) is 30.9. The zero-order chi connectivity index (χ0) is 36.1. The number of hydrogen-bond acceptors (Lipinski definition) is 8. The first-order valence-corrected chi connectivity index (χ1v) is 19.2. The number of H-pyrrole nitrogens is 2. The van der Waals surface area contributed by atoms with Gasteiger partial charge in [-0.1, -0.05) is 38.1 Å². The fourth-order valence-corrected chi connectivity index (χ4v) is 8.83. The summed E-state index contributed by atoms with van der Waals surface area (Å²) in [5.41, 5.74) is 5.25. The van der Waals surface area contributed by atoms with Gasteiger partial charge in [-0.3, -0.25) is 9.59 Å². The van der Waals surface area contributed by atoms with Crippen LogP contribution in [0.3, 0.4) is 0 Å². The first-order chi connectivity index (χ1) is 25.3. The third-order valence-corrected chi connectivity index (χ3v) is 12.0. The lowest BCUT2D eigenvalue weighted by molar-refractivity contribution is -0.134. The number of nitrogens with zero attached hydrogens (tertiary/aromatic N) is 5. The monoisotopic (exact) mass is 706 g/mol. The van der Waals surface area contributed by atoms with Gasteiger partial charge >= 0.3 is 0 Å². The van der Waals surface area contributed by atoms with E-state index in [1.165, 1.54) is 30.5 Å². The van der Waals surface area contributed by atoms with Crippen LogP contribution in [0.15, 0.2) is 55.1 Å². The minimum absolute atomic E-state index is 0.0322. The first-order valence-electron chi connectivity index (χ1n) is 19.2. The summed E-state index contributed by atoms with van der Waals surface area (Å²) in [7, 11) is 1.77. The first kappa shape index (κ1) is 35.8. The number of anilines is 1. The normalized spacial score (nSPS) is 23.2. The molecule has 4 fully saturated rings. The lowest BCUT2D eigenvalue weighted by Crippen LogP contribution is -2.47. The number of likely N-dealkylation sites (tertiary alicyclic amines) is 1. The number of rotatable bonds is 15. The summed E-state index contributed by atoms with van der Waals surface area (Å²) in [6.07, 6.45) is 19.0. The molecule has 3 saturated carbocycles. The Labute approximate surface area is 306 Å². The van der Waals surface area contributed by atoms with Gasteiger partial charge in [0.15, 0.2) is 0 Å². The van der Waals surface area contributed by atoms with Gasteiger partial charge in [0.05, 0.1) is 24.5 Å². The van der Waals surface area contributed by atoms with E-state index in [2.05, 4.69) is 85.2 Å². The molecule has 0 radical (unpaired) electrons. The zero-order valence-electron chi connectivity index (χ0n) is 30.9. The lowest BCUT2D eigenvalue weighted by Gasteiger charge is -2.53. The van der Waals surface area contributed by atoms with Crippen LogP contribution in [0.5, 0.6) is 0 Å². The average molecular weight is 707 g/mol. The van der Waals surface area contributed by atoms with E-state index in [-0.39, 0.29) is 34.6 Å². The maximum absolute atomic E-state index is 13.9. The van der Waals surface area contributed by atoms with Crippen molar-refractivity contribution in [1.82, 2.24) is 45.4 Å². The van der Waals surface area contributed by atoms with Crippen LogP contribution in [0.2, 0.25) is 0 Å². The van der Waals surface area contributed by atoms with Crippen LogP contribution in [-0.2, 0) is 26.8 Å². The molecule has 2 bridgehead atoms. The number of amides is 2. The molecule has 3 aromatic heterocycles. The van der Waals surface area contributed by atoms with Crippen molar-refractivity contribution in [1.29, 1.82) is 0 Å². The Morgan fingerprint density at radius 1 is 0.923 bits per heavy atom. The number of carbonyl (C=O) groups is 2. The maximum Gasteiger partial charge on any atom is 0.246 e. The smallest absolute Gasteiger partial charge is 0.246 e. The number of likely N-dealkylation sites (N-methyl/N-ethyl adjacent to an activating group) is 1. The highest BCUT2D eigenvalue weighted by atomic mass is 16.2. The largest absolute Gasteiger partial charge is 0.355 e. The number of unbranched alkanes of at least 4 members (excludes halogenated alkanes) is 1. The second-order valence-electron chi connectivity index (χ2n) is 15.5. The predicted octanol–water partition coefficient (Wildman–Crippen LogP) is 5.59. The number of carbonyl (C=O) groups excluding carboxylic acids is 2. The molecule has 4 aliphatic rings. The number of benzene rings is 1. The van der Waals surface area contributed by atoms with Gasteiger partial charge in [-0.25, -0.2) is 19.9 Å². The van der Waals surface area contributed by atoms with E-state index in [0.717, 1.165) is 80.8 Å². The Balaban J connectivity index is 0.948. The Morgan fingerprint density at radius 2 is 1.65 bits per heavy atom. The summed E-state index contributed by atoms with van der Waals surface area (Å²) in [6.45, 7) is 5.89. The number of aryl methyl sites for hydroxylation is 1. The summed E-state index contributed by atoms with van der Waals surface area (Å²) in [5.74, 6) is 2.58. The average Bonchev–Trinajstić information content (AvgIpc) is 3.97. The van der Waals surface area contributed by atoms with Crippen LogP contribution in [0.25, 0.3) is 11.3 Å². The molecule has 52 heavy (non-hydrogen) atoms. The third-order valence-electron chi connectivity index (χ3n) is 12.0. The van der Waals surface area contributed by atoms with Crippen molar-refractivity contribution in [3.8, 4) is 11.3 Å². The van der Waals surface area contributed by atoms with Crippen molar-refractivity contribution in [2.45, 2.75) is 107 Å². The van der Waals surface area contributed by atoms with Crippen LogP contribution < -0.4 is 16.0 Å². The van der Waals surface area contributed by atoms with Crippen LogP contribution in [-0.4, -0.2) is 79.3 Å². The SMILES string of the molecule is CNCC(=O)NCCCCc1ncc(-c2ccc(C34CCC(c5cnc(C6CCCN6C(=O)C(Nc6ncccn6)C(C)C)[nH]5)(CC3)CC4)cc2)[nH]1. The van der Waals surface area contributed by atoms with E-state index in [1.807, 2.05) is 11.1 Å². The fourth-order valence-electron chi connectivity index (χ4n) is 8.83. The fraction of sp³-hybridized carbons (Fsp3) is 0.550. The molecule has 1 aromatic carbocycles. The highest BCUT2D eigenvalue weighted by Crippen LogP contribution is 2.58. The van der Waals surface area contributed by atoms with Crippen molar-refractivity contribution in [2.24, 2.45) is 5.92 Å². The summed E-state index contributed by atoms with van der Waals surface area (Å²) in [5, 5.41) is 9.09. The van der Waals surface area contributed by atoms with Crippen molar-refractivity contribution in [3.63, 3.8) is 0 Å². The Morgan fingerprint density at radius 3 is 2.37 bits per heavy atom. The van der Waals surface area contributed by atoms with Gasteiger partial charge in [0.1, 0.15) is 17.7 Å². The van der Waals surface area contributed by atoms with E-state index in [0.29, 0.717) is 19.0 Å². The topological polar surface area (TPSA) is 157 Å². The Kier molecular flexibility index (Phi) is 10.7. The van der Waals surface area contributed by atoms with Gasteiger partial charge in [-0.05, 0) is 99.8 Å². The third kappa shape index (κ3) is 7.49. The molecule has 276 valence electrons. The number of fused-ring (bicyclic) bond motifs is 3. The Hall–Kier alpha value is -4.58. The molecule has 2 unspecified atom stereocenters. The van der Waals surface area contributed by atoms with E-state index in [9.17, 15) is 9.59 Å². The molecule has 1 aliphatic heterocycles. The van der Waals surface area contributed by atoms with Crippen LogP contribution >= 0.6 is 0 Å². The van der Waals surface area contributed by atoms with E-state index in [4.69, 9.17) is 4.98 Å². The van der Waals surface area contributed by atoms with Crippen LogP contribution in [0.1, 0.15) is 107 Å². The predicted molar refractivity (Wildman–Crippen MR) is 202 cm³/mol. The van der Waals surface area contributed by atoms with Gasteiger partial charge in [0.2, 0.25) is 17.8 Å². The number of aromatic amines is 2. The van der Waals surface area contributed by atoms with Crippen LogP contribution in [0.4, 0.5) is 5.95 Å². The maximum atomic E-state index is 13.9. The summed E-state index contributed by atoms with van der Waals surface area (Å²) in [4.78, 5) is 53.0. The minimum Gasteiger partial charge on any atom is -0.355 e. The van der Waals surface area contributed by atoms with Gasteiger partial charge in [0.25, 0.3) is 0 Å². The van der Waals surface area contributed by atoms with E-state index in [1.54, 1.807) is 25.5 Å². The quantitative estimate of drug-likeness (QED) is 0.100. The molecule has 0 spiro atoms. The van der Waals surface area contributed by atoms with Gasteiger partial charge < -0.3 is 30.8 Å². The number of nitrogens with one attached hydrogen (secondary N) is 5. The molecule has 8 rings (SSSR count). The lowest BCUT2D eigenvalue weighted by atomic mass is 9.51. The second kappa shape index (κ2) is 15.6. The molecule has 1 saturated heterocycles. The number of hydrogen-bond donors (Lipinski definition) is 5. The van der Waals surface area contributed by atoms with Crippen molar-refractivity contribution in [2.75, 3.05) is 32.0 Å². The molecule has 2 amide bonds. The summed E-state index contributed by atoms with van der Waals surface area (Å²) in [6, 6.07) is 10.5. The van der Waals surface area contributed by atoms with Gasteiger partial charge in [0, 0.05) is 49.2 Å². The highest BCUT2D eigenvalue weighted by Gasteiger charge is 2.51. The molecule has 4 heterocycles. The molecule has 4 aromatic rings. The summed E-state index contributed by atoms with van der Waals surface area (Å²) < 4.78 is 0. The van der Waals surface area contributed by atoms with Gasteiger partial charge in [-0.2, -0.15) is 0 Å². The second-order valence-corrected chi connectivity index (χ2v) is 15.5. The number of aromatic nitrogens is 6. The molecule has 2 atom stereocenters. The summed E-state index contributed by atoms with van der Waals surface area (Å²) >= 11 is 0. The molecular formula is C40H54N10O2. The van der Waals surface area contributed by atoms with Crippen molar-refractivity contribution >= 4 is 17.8 Å².